The number of nitrogens with zero attached hydrogens (tertiary/aromatic N) is 4. The maximum atomic E-state index is 13.3. The summed E-state index contributed by atoms with van der Waals surface area (Å²) < 4.78 is 18.8. The summed E-state index contributed by atoms with van der Waals surface area (Å²) in [4.78, 5) is 11.7. The first-order chi connectivity index (χ1) is 13.2. The molecular weight excluding hydrogens is 343 g/mol. The van der Waals surface area contributed by atoms with Gasteiger partial charge in [-0.1, -0.05) is 17.3 Å². The van der Waals surface area contributed by atoms with Crippen LogP contribution in [-0.2, 0) is 13.0 Å². The van der Waals surface area contributed by atoms with Gasteiger partial charge in [0.1, 0.15) is 5.82 Å². The number of halogens is 1. The first kappa shape index (κ1) is 15.9. The van der Waals surface area contributed by atoms with E-state index in [1.54, 1.807) is 12.1 Å². The molecule has 2 aromatic carbocycles. The Kier molecular flexibility index (Phi) is 3.63. The zero-order valence-electron chi connectivity index (χ0n) is 14.8. The van der Waals surface area contributed by atoms with E-state index in [2.05, 4.69) is 10.1 Å². The quantitative estimate of drug-likeness (QED) is 0.534. The Balaban J connectivity index is 1.54. The van der Waals surface area contributed by atoms with E-state index in [4.69, 9.17) is 14.5 Å². The minimum atomic E-state index is -0.268. The lowest BCUT2D eigenvalue weighted by Crippen LogP contribution is -2.31. The molecule has 0 bridgehead atoms. The summed E-state index contributed by atoms with van der Waals surface area (Å²) in [6.45, 7) is 3.43. The number of fused-ring (bicyclic) bond motifs is 2. The molecule has 0 spiro atoms. The van der Waals surface area contributed by atoms with Gasteiger partial charge in [0.25, 0.3) is 0 Å². The van der Waals surface area contributed by atoms with Crippen molar-refractivity contribution in [2.75, 3.05) is 11.4 Å². The van der Waals surface area contributed by atoms with Crippen LogP contribution in [0, 0.1) is 12.7 Å². The van der Waals surface area contributed by atoms with Gasteiger partial charge in [-0.05, 0) is 43.3 Å². The van der Waals surface area contributed by atoms with E-state index in [9.17, 15) is 4.39 Å². The van der Waals surface area contributed by atoms with Gasteiger partial charge in [0, 0.05) is 24.1 Å². The molecule has 0 aliphatic carbocycles. The number of anilines is 1. The van der Waals surface area contributed by atoms with Crippen molar-refractivity contribution < 1.29 is 8.91 Å². The molecule has 0 amide bonds. The lowest BCUT2D eigenvalue weighted by atomic mass is 10.0. The van der Waals surface area contributed by atoms with Crippen molar-refractivity contribution >= 4 is 16.9 Å². The molecule has 4 aromatic rings. The van der Waals surface area contributed by atoms with Crippen molar-refractivity contribution in [2.24, 2.45) is 0 Å². The molecule has 0 radical (unpaired) electrons. The highest BCUT2D eigenvalue weighted by Crippen LogP contribution is 2.33. The van der Waals surface area contributed by atoms with Crippen LogP contribution in [-0.4, -0.2) is 21.7 Å². The second kappa shape index (κ2) is 6.16. The molecular formula is C21H17FN4O. The number of rotatable bonds is 2. The highest BCUT2D eigenvalue weighted by Gasteiger charge is 2.26. The van der Waals surface area contributed by atoms with E-state index in [1.165, 1.54) is 12.1 Å². The fourth-order valence-corrected chi connectivity index (χ4v) is 3.60. The second-order valence-electron chi connectivity index (χ2n) is 6.74. The Labute approximate surface area is 155 Å². The minimum absolute atomic E-state index is 0.268. The summed E-state index contributed by atoms with van der Waals surface area (Å²) in [6, 6.07) is 14.2. The number of aryl methyl sites for hydroxylation is 1. The molecule has 0 fully saturated rings. The predicted molar refractivity (Wildman–Crippen MR) is 101 cm³/mol. The fourth-order valence-electron chi connectivity index (χ4n) is 3.60. The zero-order chi connectivity index (χ0) is 18.4. The lowest BCUT2D eigenvalue weighted by molar-refractivity contribution is 0.424. The highest BCUT2D eigenvalue weighted by atomic mass is 19.1. The van der Waals surface area contributed by atoms with Gasteiger partial charge in [-0.2, -0.15) is 0 Å². The third kappa shape index (κ3) is 2.73. The molecule has 1 aliphatic rings. The summed E-state index contributed by atoms with van der Waals surface area (Å²) in [7, 11) is 0. The van der Waals surface area contributed by atoms with Crippen LogP contribution >= 0.6 is 0 Å². The Bertz CT molecular complexity index is 1140. The van der Waals surface area contributed by atoms with E-state index < -0.39 is 0 Å². The minimum Gasteiger partial charge on any atom is -0.356 e. The van der Waals surface area contributed by atoms with Crippen LogP contribution in [0.25, 0.3) is 22.4 Å². The third-order valence-corrected chi connectivity index (χ3v) is 4.96. The van der Waals surface area contributed by atoms with Gasteiger partial charge in [0.05, 0.1) is 29.0 Å². The molecule has 5 nitrogen and oxygen atoms in total. The van der Waals surface area contributed by atoms with Crippen molar-refractivity contribution in [3.63, 3.8) is 0 Å². The summed E-state index contributed by atoms with van der Waals surface area (Å²) in [6.07, 6.45) is 0.772. The van der Waals surface area contributed by atoms with Crippen LogP contribution in [0.1, 0.15) is 17.0 Å². The molecule has 1 aliphatic heterocycles. The maximum absolute atomic E-state index is 13.3. The van der Waals surface area contributed by atoms with Gasteiger partial charge in [-0.15, -0.1) is 0 Å². The maximum Gasteiger partial charge on any atom is 0.172 e. The smallest absolute Gasteiger partial charge is 0.172 e. The zero-order valence-corrected chi connectivity index (χ0v) is 14.8. The monoisotopic (exact) mass is 360 g/mol. The van der Waals surface area contributed by atoms with Gasteiger partial charge < -0.3 is 9.42 Å². The van der Waals surface area contributed by atoms with E-state index in [-0.39, 0.29) is 5.82 Å². The topological polar surface area (TPSA) is 55.1 Å². The normalized spacial score (nSPS) is 13.8. The van der Waals surface area contributed by atoms with Gasteiger partial charge in [-0.3, -0.25) is 0 Å². The van der Waals surface area contributed by atoms with Crippen molar-refractivity contribution in [3.8, 4) is 11.3 Å². The van der Waals surface area contributed by atoms with Crippen LogP contribution in [0.5, 0.6) is 0 Å². The molecule has 27 heavy (non-hydrogen) atoms. The Morgan fingerprint density at radius 3 is 2.52 bits per heavy atom. The van der Waals surface area contributed by atoms with Crippen molar-refractivity contribution in [1.29, 1.82) is 0 Å². The van der Waals surface area contributed by atoms with Crippen molar-refractivity contribution in [3.05, 3.63) is 71.3 Å². The average molecular weight is 360 g/mol. The number of para-hydroxylation sites is 2. The van der Waals surface area contributed by atoms with Gasteiger partial charge in [-0.25, -0.2) is 14.4 Å². The number of aromatic nitrogens is 3. The SMILES string of the molecule is Cc1nc2ccccc2nc1N1CCc2noc(-c3ccc(F)cc3)c2C1. The second-order valence-corrected chi connectivity index (χ2v) is 6.74. The van der Waals surface area contributed by atoms with E-state index >= 15 is 0 Å². The average Bonchev–Trinajstić information content (AvgIpc) is 3.11. The first-order valence-corrected chi connectivity index (χ1v) is 8.91. The molecule has 2 aromatic heterocycles. The Morgan fingerprint density at radius 1 is 1.00 bits per heavy atom. The molecule has 0 saturated heterocycles. The Hall–Kier alpha value is -3.28. The summed E-state index contributed by atoms with van der Waals surface area (Å²) in [5, 5.41) is 4.22. The summed E-state index contributed by atoms with van der Waals surface area (Å²) in [5.41, 5.74) is 5.49. The first-order valence-electron chi connectivity index (χ1n) is 8.91. The van der Waals surface area contributed by atoms with E-state index in [0.717, 1.165) is 52.3 Å². The van der Waals surface area contributed by atoms with Crippen molar-refractivity contribution in [1.82, 2.24) is 15.1 Å². The molecule has 0 atom stereocenters. The molecule has 6 heteroatoms. The molecule has 0 unspecified atom stereocenters. The summed E-state index contributed by atoms with van der Waals surface area (Å²) >= 11 is 0. The van der Waals surface area contributed by atoms with E-state index in [1.807, 2.05) is 31.2 Å². The largest absolute Gasteiger partial charge is 0.356 e. The number of hydrogen-bond acceptors (Lipinski definition) is 5. The highest BCUT2D eigenvalue weighted by molar-refractivity contribution is 5.76. The van der Waals surface area contributed by atoms with E-state index in [0.29, 0.717) is 12.3 Å². The number of hydrogen-bond donors (Lipinski definition) is 0. The molecule has 5 rings (SSSR count). The lowest BCUT2D eigenvalue weighted by Gasteiger charge is -2.28. The molecule has 0 N–H and O–H groups in total. The fraction of sp³-hybridized carbons (Fsp3) is 0.190. The van der Waals surface area contributed by atoms with Crippen LogP contribution < -0.4 is 4.90 Å². The van der Waals surface area contributed by atoms with Crippen LogP contribution in [0.2, 0.25) is 0 Å². The van der Waals surface area contributed by atoms with Crippen LogP contribution in [0.4, 0.5) is 10.2 Å². The van der Waals surface area contributed by atoms with Gasteiger partial charge in [0.15, 0.2) is 11.6 Å². The number of benzene rings is 2. The summed E-state index contributed by atoms with van der Waals surface area (Å²) in [5.74, 6) is 1.31. The molecule has 0 saturated carbocycles. The molecule has 134 valence electrons. The standard InChI is InChI=1S/C21H17FN4O/c1-13-21(24-19-5-3-2-4-18(19)23-13)26-11-10-17-16(12-26)20(27-25-17)14-6-8-15(22)9-7-14/h2-9H,10-12H2,1H3. The van der Waals surface area contributed by atoms with Crippen LogP contribution in [0.15, 0.2) is 53.1 Å². The molecule has 3 heterocycles. The third-order valence-electron chi connectivity index (χ3n) is 4.96. The van der Waals surface area contributed by atoms with Gasteiger partial charge >= 0.3 is 0 Å². The Morgan fingerprint density at radius 2 is 1.74 bits per heavy atom. The van der Waals surface area contributed by atoms with Crippen LogP contribution in [0.3, 0.4) is 0 Å². The predicted octanol–water partition coefficient (Wildman–Crippen LogP) is 4.30. The van der Waals surface area contributed by atoms with Crippen molar-refractivity contribution in [2.45, 2.75) is 19.9 Å². The van der Waals surface area contributed by atoms with Gasteiger partial charge in [0.2, 0.25) is 0 Å².